The lowest BCUT2D eigenvalue weighted by atomic mass is 10.2. The minimum atomic E-state index is -0.781. The number of amides is 3. The number of imide groups is 1. The third kappa shape index (κ3) is 8.94. The highest BCUT2D eigenvalue weighted by Gasteiger charge is 2.10. The molecule has 1 aromatic rings. The normalized spacial score (nSPS) is 10.2. The van der Waals surface area contributed by atoms with E-state index >= 15 is 0 Å². The highest BCUT2D eigenvalue weighted by molar-refractivity contribution is 5.95. The largest absolute Gasteiger partial charge is 0.497 e. The fraction of sp³-hybridized carbons (Fsp3) is 0.375. The van der Waals surface area contributed by atoms with Gasteiger partial charge in [0, 0.05) is 6.54 Å². The molecule has 0 aliphatic carbocycles. The van der Waals surface area contributed by atoms with E-state index in [-0.39, 0.29) is 0 Å². The van der Waals surface area contributed by atoms with Crippen LogP contribution in [0.3, 0.4) is 0 Å². The molecule has 0 saturated heterocycles. The van der Waals surface area contributed by atoms with Gasteiger partial charge in [-0.15, -0.1) is 0 Å². The molecule has 0 radical (unpaired) electrons. The number of rotatable bonds is 9. The quantitative estimate of drug-likeness (QED) is 0.387. The summed E-state index contributed by atoms with van der Waals surface area (Å²) in [5, 5.41) is 8.09. The summed E-state index contributed by atoms with van der Waals surface area (Å²) in [6, 6.07) is 6.40. The Bertz CT molecular complexity index is 600. The second-order valence-electron chi connectivity index (χ2n) is 4.75. The predicted octanol–water partition coefficient (Wildman–Crippen LogP) is 0.825. The molecule has 9 heteroatoms. The van der Waals surface area contributed by atoms with Gasteiger partial charge in [-0.3, -0.25) is 10.1 Å². The van der Waals surface area contributed by atoms with Crippen molar-refractivity contribution in [2.24, 2.45) is 5.16 Å². The van der Waals surface area contributed by atoms with Crippen molar-refractivity contribution >= 4 is 24.1 Å². The predicted molar refractivity (Wildman–Crippen MR) is 89.3 cm³/mol. The molecule has 9 nitrogen and oxygen atoms in total. The highest BCUT2D eigenvalue weighted by Crippen LogP contribution is 2.09. The smallest absolute Gasteiger partial charge is 0.347 e. The van der Waals surface area contributed by atoms with Crippen molar-refractivity contribution in [2.75, 3.05) is 26.9 Å². The van der Waals surface area contributed by atoms with Crippen LogP contribution in [-0.4, -0.2) is 51.0 Å². The monoisotopic (exact) mass is 351 g/mol. The summed E-state index contributed by atoms with van der Waals surface area (Å²) in [5.41, 5.74) is 0.756. The van der Waals surface area contributed by atoms with Gasteiger partial charge in [-0.1, -0.05) is 12.1 Å². The molecule has 25 heavy (non-hydrogen) atoms. The Labute approximate surface area is 145 Å². The van der Waals surface area contributed by atoms with Crippen LogP contribution in [0.4, 0.5) is 4.79 Å². The van der Waals surface area contributed by atoms with Crippen LogP contribution in [0.5, 0.6) is 5.75 Å². The molecule has 1 rings (SSSR count). The molecule has 1 aromatic carbocycles. The fourth-order valence-corrected chi connectivity index (χ4v) is 1.51. The standard InChI is InChI=1S/C16H21N3O6/c1-3-8-17-16(22)19-14(20)10-24-15(21)11-25-18-9-12-4-6-13(23-2)7-5-12/h4-7,9H,3,8,10-11H2,1-2H3,(H2,17,19,20,22)/b18-9-. The van der Waals surface area contributed by atoms with Crippen LogP contribution in [0.15, 0.2) is 29.4 Å². The molecule has 0 aromatic heterocycles. The highest BCUT2D eigenvalue weighted by atomic mass is 16.7. The minimum absolute atomic E-state index is 0.443. The molecule has 0 heterocycles. The number of ether oxygens (including phenoxy) is 2. The number of nitrogens with zero attached hydrogens (tertiary/aromatic N) is 1. The van der Waals surface area contributed by atoms with Crippen molar-refractivity contribution in [3.63, 3.8) is 0 Å². The molecule has 0 bridgehead atoms. The van der Waals surface area contributed by atoms with Crippen LogP contribution >= 0.6 is 0 Å². The van der Waals surface area contributed by atoms with Crippen LogP contribution in [0.1, 0.15) is 18.9 Å². The molecule has 0 spiro atoms. The number of hydrogen-bond acceptors (Lipinski definition) is 7. The summed E-state index contributed by atoms with van der Waals surface area (Å²) < 4.78 is 9.67. The summed E-state index contributed by atoms with van der Waals surface area (Å²) in [5.74, 6) is -0.803. The number of carbonyl (C=O) groups excluding carboxylic acids is 3. The van der Waals surface area contributed by atoms with E-state index < -0.39 is 31.1 Å². The number of methoxy groups -OCH3 is 1. The average Bonchev–Trinajstić information content (AvgIpc) is 2.62. The van der Waals surface area contributed by atoms with Gasteiger partial charge < -0.3 is 19.6 Å². The summed E-state index contributed by atoms with van der Waals surface area (Å²) in [6.07, 6.45) is 2.16. The maximum Gasteiger partial charge on any atom is 0.347 e. The van der Waals surface area contributed by atoms with Crippen molar-refractivity contribution in [3.05, 3.63) is 29.8 Å². The molecule has 0 aliphatic heterocycles. The Morgan fingerprint density at radius 3 is 2.52 bits per heavy atom. The number of urea groups is 1. The van der Waals surface area contributed by atoms with E-state index in [9.17, 15) is 14.4 Å². The van der Waals surface area contributed by atoms with E-state index in [0.717, 1.165) is 12.0 Å². The summed E-state index contributed by atoms with van der Waals surface area (Å²) in [6.45, 7) is 1.28. The first-order chi connectivity index (χ1) is 12.0. The Balaban J connectivity index is 2.20. The average molecular weight is 351 g/mol. The van der Waals surface area contributed by atoms with Crippen molar-refractivity contribution in [1.82, 2.24) is 10.6 Å². The van der Waals surface area contributed by atoms with Gasteiger partial charge in [0.2, 0.25) is 6.61 Å². The van der Waals surface area contributed by atoms with Gasteiger partial charge in [-0.05, 0) is 36.2 Å². The van der Waals surface area contributed by atoms with Crippen molar-refractivity contribution in [3.8, 4) is 5.75 Å². The Kier molecular flexibility index (Phi) is 9.13. The fourth-order valence-electron chi connectivity index (χ4n) is 1.51. The van der Waals surface area contributed by atoms with Gasteiger partial charge in [0.25, 0.3) is 5.91 Å². The van der Waals surface area contributed by atoms with Crippen molar-refractivity contribution < 1.29 is 28.7 Å². The van der Waals surface area contributed by atoms with Crippen LogP contribution in [0.2, 0.25) is 0 Å². The van der Waals surface area contributed by atoms with Gasteiger partial charge in [0.15, 0.2) is 6.61 Å². The van der Waals surface area contributed by atoms with Gasteiger partial charge in [0.1, 0.15) is 5.75 Å². The lowest BCUT2D eigenvalue weighted by molar-refractivity contribution is -0.152. The minimum Gasteiger partial charge on any atom is -0.497 e. The number of oxime groups is 1. The Morgan fingerprint density at radius 1 is 1.16 bits per heavy atom. The van der Waals surface area contributed by atoms with E-state index in [2.05, 4.69) is 15.2 Å². The number of carbonyl (C=O) groups is 3. The van der Waals surface area contributed by atoms with E-state index in [1.807, 2.05) is 12.2 Å². The van der Waals surface area contributed by atoms with Crippen molar-refractivity contribution in [2.45, 2.75) is 13.3 Å². The molecule has 0 saturated carbocycles. The third-order valence-corrected chi connectivity index (χ3v) is 2.73. The SMILES string of the molecule is CCCNC(=O)NC(=O)COC(=O)CO/N=C\c1ccc(OC)cc1. The third-order valence-electron chi connectivity index (χ3n) is 2.73. The first-order valence-electron chi connectivity index (χ1n) is 7.57. The number of hydrogen-bond donors (Lipinski definition) is 2. The molecular formula is C16H21N3O6. The summed E-state index contributed by atoms with van der Waals surface area (Å²) in [7, 11) is 1.57. The Morgan fingerprint density at radius 2 is 1.88 bits per heavy atom. The molecule has 2 N–H and O–H groups in total. The first-order valence-corrected chi connectivity index (χ1v) is 7.57. The van der Waals surface area contributed by atoms with Crippen molar-refractivity contribution in [1.29, 1.82) is 0 Å². The maximum atomic E-state index is 11.4. The molecule has 0 aliphatic rings. The zero-order chi connectivity index (χ0) is 18.5. The topological polar surface area (TPSA) is 115 Å². The van der Waals surface area contributed by atoms with Crippen LogP contribution in [0.25, 0.3) is 0 Å². The van der Waals surface area contributed by atoms with Crippen LogP contribution < -0.4 is 15.4 Å². The lowest BCUT2D eigenvalue weighted by Crippen LogP contribution is -2.41. The molecule has 0 fully saturated rings. The van der Waals surface area contributed by atoms with Crippen LogP contribution in [0, 0.1) is 0 Å². The maximum absolute atomic E-state index is 11.4. The molecule has 0 atom stereocenters. The number of esters is 1. The number of nitrogens with one attached hydrogen (secondary N) is 2. The van der Waals surface area contributed by atoms with Crippen LogP contribution in [-0.2, 0) is 19.2 Å². The summed E-state index contributed by atoms with van der Waals surface area (Å²) >= 11 is 0. The van der Waals surface area contributed by atoms with Gasteiger partial charge in [-0.2, -0.15) is 0 Å². The molecule has 3 amide bonds. The zero-order valence-electron chi connectivity index (χ0n) is 14.1. The Hall–Kier alpha value is -3.10. The van der Waals surface area contributed by atoms with Gasteiger partial charge >= 0.3 is 12.0 Å². The zero-order valence-corrected chi connectivity index (χ0v) is 14.1. The number of benzene rings is 1. The van der Waals surface area contributed by atoms with E-state index in [4.69, 9.17) is 9.57 Å². The summed E-state index contributed by atoms with van der Waals surface area (Å²) in [4.78, 5) is 38.7. The van der Waals surface area contributed by atoms with E-state index in [0.29, 0.717) is 12.3 Å². The molecule has 136 valence electrons. The first kappa shape index (κ1) is 19.9. The van der Waals surface area contributed by atoms with Gasteiger partial charge in [-0.25, -0.2) is 9.59 Å². The molecule has 0 unspecified atom stereocenters. The molecular weight excluding hydrogens is 330 g/mol. The van der Waals surface area contributed by atoms with E-state index in [1.165, 1.54) is 6.21 Å². The second-order valence-corrected chi connectivity index (χ2v) is 4.75. The van der Waals surface area contributed by atoms with Gasteiger partial charge in [0.05, 0.1) is 13.3 Å². The second kappa shape index (κ2) is 11.4. The van der Waals surface area contributed by atoms with E-state index in [1.54, 1.807) is 31.4 Å². The lowest BCUT2D eigenvalue weighted by Gasteiger charge is -2.06.